The second-order valence-electron chi connectivity index (χ2n) is 5.67. The molecule has 2 rings (SSSR count). The molecule has 1 aliphatic rings. The molecule has 1 aromatic heterocycles. The highest BCUT2D eigenvalue weighted by Gasteiger charge is 2.35. The lowest BCUT2D eigenvalue weighted by Gasteiger charge is -2.26. The zero-order valence-electron chi connectivity index (χ0n) is 11.8. The number of hydrogen-bond acceptors (Lipinski definition) is 3. The Morgan fingerprint density at radius 3 is 2.84 bits per heavy atom. The molecule has 1 saturated heterocycles. The Balaban J connectivity index is 2.29. The van der Waals surface area contributed by atoms with Crippen LogP contribution >= 0.6 is 0 Å². The van der Waals surface area contributed by atoms with E-state index < -0.39 is 0 Å². The highest BCUT2D eigenvalue weighted by molar-refractivity contribution is 5.94. The van der Waals surface area contributed by atoms with Gasteiger partial charge in [-0.2, -0.15) is 0 Å². The van der Waals surface area contributed by atoms with Gasteiger partial charge in [0.1, 0.15) is 5.69 Å². The van der Waals surface area contributed by atoms with E-state index in [2.05, 4.69) is 6.92 Å². The SMILES string of the molecule is CC1CCN(C(=O)c2cc(N)cn2C(C)C)C1CO. The van der Waals surface area contributed by atoms with Crippen LogP contribution in [-0.4, -0.2) is 39.7 Å². The molecule has 3 N–H and O–H groups in total. The summed E-state index contributed by atoms with van der Waals surface area (Å²) in [4.78, 5) is 14.4. The largest absolute Gasteiger partial charge is 0.397 e. The van der Waals surface area contributed by atoms with Crippen LogP contribution in [-0.2, 0) is 0 Å². The summed E-state index contributed by atoms with van der Waals surface area (Å²) in [5, 5.41) is 9.46. The topological polar surface area (TPSA) is 71.5 Å². The van der Waals surface area contributed by atoms with E-state index in [-0.39, 0.29) is 24.6 Å². The maximum absolute atomic E-state index is 12.6. The average molecular weight is 265 g/mol. The van der Waals surface area contributed by atoms with Crippen molar-refractivity contribution in [2.24, 2.45) is 5.92 Å². The summed E-state index contributed by atoms with van der Waals surface area (Å²) < 4.78 is 1.90. The number of nitrogens with two attached hydrogens (primary N) is 1. The first-order chi connectivity index (χ1) is 8.95. The van der Waals surface area contributed by atoms with Gasteiger partial charge in [0.25, 0.3) is 5.91 Å². The zero-order valence-corrected chi connectivity index (χ0v) is 11.8. The van der Waals surface area contributed by atoms with Crippen molar-refractivity contribution in [1.82, 2.24) is 9.47 Å². The number of nitrogen functional groups attached to an aromatic ring is 1. The third-order valence-electron chi connectivity index (χ3n) is 3.98. The van der Waals surface area contributed by atoms with Crippen molar-refractivity contribution in [2.75, 3.05) is 18.9 Å². The smallest absolute Gasteiger partial charge is 0.270 e. The molecular weight excluding hydrogens is 242 g/mol. The molecule has 1 aliphatic heterocycles. The molecule has 0 aliphatic carbocycles. The normalized spacial score (nSPS) is 23.3. The fraction of sp³-hybridized carbons (Fsp3) is 0.643. The van der Waals surface area contributed by atoms with Gasteiger partial charge in [0.05, 0.1) is 18.3 Å². The number of nitrogens with zero attached hydrogens (tertiary/aromatic N) is 2. The van der Waals surface area contributed by atoms with Crippen LogP contribution in [0.15, 0.2) is 12.3 Å². The van der Waals surface area contributed by atoms with Crippen LogP contribution in [0.4, 0.5) is 5.69 Å². The molecule has 0 bridgehead atoms. The molecule has 1 aromatic rings. The lowest BCUT2D eigenvalue weighted by molar-refractivity contribution is 0.0636. The lowest BCUT2D eigenvalue weighted by atomic mass is 10.0. The van der Waals surface area contributed by atoms with Crippen LogP contribution in [0.3, 0.4) is 0 Å². The number of amides is 1. The van der Waals surface area contributed by atoms with Gasteiger partial charge in [-0.3, -0.25) is 4.79 Å². The summed E-state index contributed by atoms with van der Waals surface area (Å²) in [6.45, 7) is 6.84. The number of carbonyl (C=O) groups excluding carboxylic acids is 1. The Bertz CT molecular complexity index is 467. The molecule has 1 fully saturated rings. The highest BCUT2D eigenvalue weighted by atomic mass is 16.3. The minimum Gasteiger partial charge on any atom is -0.397 e. The number of carbonyl (C=O) groups is 1. The summed E-state index contributed by atoms with van der Waals surface area (Å²) >= 11 is 0. The Kier molecular flexibility index (Phi) is 3.85. The van der Waals surface area contributed by atoms with Gasteiger partial charge in [-0.15, -0.1) is 0 Å². The zero-order chi connectivity index (χ0) is 14.2. The third-order valence-corrected chi connectivity index (χ3v) is 3.98. The van der Waals surface area contributed by atoms with Crippen molar-refractivity contribution in [2.45, 2.75) is 39.3 Å². The second-order valence-corrected chi connectivity index (χ2v) is 5.67. The Hall–Kier alpha value is -1.49. The van der Waals surface area contributed by atoms with Gasteiger partial charge < -0.3 is 20.3 Å². The second kappa shape index (κ2) is 5.25. The van der Waals surface area contributed by atoms with Crippen LogP contribution < -0.4 is 5.73 Å². The molecule has 106 valence electrons. The molecule has 5 heteroatoms. The molecule has 19 heavy (non-hydrogen) atoms. The van der Waals surface area contributed by atoms with E-state index in [4.69, 9.17) is 5.73 Å². The molecule has 0 spiro atoms. The van der Waals surface area contributed by atoms with Gasteiger partial charge in [-0.1, -0.05) is 6.92 Å². The highest BCUT2D eigenvalue weighted by Crippen LogP contribution is 2.27. The van der Waals surface area contributed by atoms with Gasteiger partial charge >= 0.3 is 0 Å². The number of aromatic nitrogens is 1. The monoisotopic (exact) mass is 265 g/mol. The van der Waals surface area contributed by atoms with Crippen molar-refractivity contribution < 1.29 is 9.90 Å². The molecule has 0 saturated carbocycles. The van der Waals surface area contributed by atoms with Crippen molar-refractivity contribution in [3.05, 3.63) is 18.0 Å². The fourth-order valence-corrected chi connectivity index (χ4v) is 2.79. The third kappa shape index (κ3) is 2.47. The number of rotatable bonds is 3. The van der Waals surface area contributed by atoms with Gasteiger partial charge in [-0.25, -0.2) is 0 Å². The lowest BCUT2D eigenvalue weighted by Crippen LogP contribution is -2.40. The number of aliphatic hydroxyl groups is 1. The number of hydrogen-bond donors (Lipinski definition) is 2. The molecule has 5 nitrogen and oxygen atoms in total. The van der Waals surface area contributed by atoms with Gasteiger partial charge in [0, 0.05) is 18.8 Å². The van der Waals surface area contributed by atoms with Crippen molar-refractivity contribution in [1.29, 1.82) is 0 Å². The Morgan fingerprint density at radius 2 is 2.26 bits per heavy atom. The summed E-state index contributed by atoms with van der Waals surface area (Å²) in [5.41, 5.74) is 7.02. The molecule has 2 heterocycles. The van der Waals surface area contributed by atoms with E-state index in [1.54, 1.807) is 17.2 Å². The minimum absolute atomic E-state index is 0.0186. The Labute approximate surface area is 114 Å². The van der Waals surface area contributed by atoms with Crippen LogP contribution in [0.1, 0.15) is 43.7 Å². The first-order valence-electron chi connectivity index (χ1n) is 6.84. The number of likely N-dealkylation sites (tertiary alicyclic amines) is 1. The quantitative estimate of drug-likeness (QED) is 0.870. The van der Waals surface area contributed by atoms with Crippen molar-refractivity contribution in [3.63, 3.8) is 0 Å². The molecular formula is C14H23N3O2. The minimum atomic E-state index is -0.0794. The standard InChI is InChI=1S/C14H23N3O2/c1-9(2)17-7-11(15)6-12(17)14(19)16-5-4-10(3)13(16)8-18/h6-7,9-10,13,18H,4-5,8,15H2,1-3H3. The maximum atomic E-state index is 12.6. The van der Waals surface area contributed by atoms with Crippen molar-refractivity contribution >= 4 is 11.6 Å². The molecule has 0 radical (unpaired) electrons. The maximum Gasteiger partial charge on any atom is 0.270 e. The fourth-order valence-electron chi connectivity index (χ4n) is 2.79. The van der Waals surface area contributed by atoms with E-state index in [0.29, 0.717) is 23.8 Å². The van der Waals surface area contributed by atoms with Crippen LogP contribution in [0.25, 0.3) is 0 Å². The number of aliphatic hydroxyl groups excluding tert-OH is 1. The van der Waals surface area contributed by atoms with E-state index in [0.717, 1.165) is 6.42 Å². The average Bonchev–Trinajstić information content (AvgIpc) is 2.91. The summed E-state index contributed by atoms with van der Waals surface area (Å²) in [6.07, 6.45) is 2.74. The summed E-state index contributed by atoms with van der Waals surface area (Å²) in [6, 6.07) is 1.83. The van der Waals surface area contributed by atoms with E-state index in [9.17, 15) is 9.90 Å². The van der Waals surface area contributed by atoms with Gasteiger partial charge in [0.15, 0.2) is 0 Å². The van der Waals surface area contributed by atoms with E-state index in [1.165, 1.54) is 0 Å². The summed E-state index contributed by atoms with van der Waals surface area (Å²) in [7, 11) is 0. The predicted molar refractivity (Wildman–Crippen MR) is 74.9 cm³/mol. The van der Waals surface area contributed by atoms with Crippen LogP contribution in [0, 0.1) is 5.92 Å². The van der Waals surface area contributed by atoms with Crippen molar-refractivity contribution in [3.8, 4) is 0 Å². The van der Waals surface area contributed by atoms with Gasteiger partial charge in [-0.05, 0) is 32.3 Å². The van der Waals surface area contributed by atoms with Crippen LogP contribution in [0.2, 0.25) is 0 Å². The Morgan fingerprint density at radius 1 is 1.58 bits per heavy atom. The van der Waals surface area contributed by atoms with Crippen LogP contribution in [0.5, 0.6) is 0 Å². The molecule has 2 atom stereocenters. The van der Waals surface area contributed by atoms with E-state index in [1.807, 2.05) is 18.4 Å². The van der Waals surface area contributed by atoms with Gasteiger partial charge in [0.2, 0.25) is 0 Å². The molecule has 2 unspecified atom stereocenters. The molecule has 1 amide bonds. The predicted octanol–water partition coefficient (Wildman–Crippen LogP) is 1.49. The molecule has 0 aromatic carbocycles. The summed E-state index contributed by atoms with van der Waals surface area (Å²) in [5.74, 6) is 0.308. The first-order valence-corrected chi connectivity index (χ1v) is 6.84. The number of anilines is 1. The van der Waals surface area contributed by atoms with E-state index >= 15 is 0 Å². The first kappa shape index (κ1) is 13.9.